The summed E-state index contributed by atoms with van der Waals surface area (Å²) in [6.07, 6.45) is 18.5. The summed E-state index contributed by atoms with van der Waals surface area (Å²) in [5.74, 6) is 0.0362. The lowest BCUT2D eigenvalue weighted by molar-refractivity contribution is -0.241. The first-order valence-electron chi connectivity index (χ1n) is 19.5. The second-order valence-corrected chi connectivity index (χ2v) is 14.7. The Morgan fingerprint density at radius 2 is 1.35 bits per heavy atom. The minimum Gasteiger partial charge on any atom is -0.457 e. The number of esters is 1. The third kappa shape index (κ3) is 14.9. The molecule has 0 spiro atoms. The summed E-state index contributed by atoms with van der Waals surface area (Å²) in [7, 11) is 0. The Bertz CT molecular complexity index is 810. The highest BCUT2D eigenvalue weighted by atomic mass is 16.6. The van der Waals surface area contributed by atoms with E-state index < -0.39 is 36.6 Å². The molecule has 2 heterocycles. The van der Waals surface area contributed by atoms with Gasteiger partial charge in [-0.05, 0) is 44.1 Å². The average Bonchev–Trinajstić information content (AvgIpc) is 3.51. The molecule has 2 aliphatic rings. The zero-order valence-corrected chi connectivity index (χ0v) is 30.3. The number of amides is 1. The highest BCUT2D eigenvalue weighted by Crippen LogP contribution is 2.31. The fourth-order valence-corrected chi connectivity index (χ4v) is 7.23. The Kier molecular flexibility index (Phi) is 21.4. The summed E-state index contributed by atoms with van der Waals surface area (Å²) in [4.78, 5) is 26.1. The highest BCUT2D eigenvalue weighted by Gasteiger charge is 2.49. The molecule has 8 nitrogen and oxygen atoms in total. The lowest BCUT2D eigenvalue weighted by atomic mass is 9.85. The third-order valence-electron chi connectivity index (χ3n) is 10.2. The van der Waals surface area contributed by atoms with Crippen molar-refractivity contribution in [3.8, 4) is 0 Å². The molecule has 2 aliphatic heterocycles. The van der Waals surface area contributed by atoms with Gasteiger partial charge in [-0.15, -0.1) is 0 Å². The first-order chi connectivity index (χ1) is 22.2. The van der Waals surface area contributed by atoms with Gasteiger partial charge in [-0.25, -0.2) is 0 Å². The van der Waals surface area contributed by atoms with E-state index in [1.54, 1.807) is 0 Å². The lowest BCUT2D eigenvalue weighted by Crippen LogP contribution is -2.65. The third-order valence-corrected chi connectivity index (χ3v) is 10.2. The molecule has 0 aromatic rings. The molecule has 0 saturated carbocycles. The second kappa shape index (κ2) is 24.0. The largest absolute Gasteiger partial charge is 0.457 e. The van der Waals surface area contributed by atoms with Crippen LogP contribution in [-0.4, -0.2) is 71.2 Å². The van der Waals surface area contributed by atoms with Gasteiger partial charge in [-0.2, -0.15) is 0 Å². The smallest absolute Gasteiger partial charge is 0.306 e. The van der Waals surface area contributed by atoms with Crippen LogP contribution in [-0.2, 0) is 19.1 Å². The number of rotatable bonds is 25. The van der Waals surface area contributed by atoms with Crippen LogP contribution in [0.3, 0.4) is 0 Å². The van der Waals surface area contributed by atoms with E-state index in [-0.39, 0.29) is 23.8 Å². The van der Waals surface area contributed by atoms with E-state index in [4.69, 9.17) is 9.47 Å². The van der Waals surface area contributed by atoms with Gasteiger partial charge >= 0.3 is 5.97 Å². The molecule has 0 bridgehead atoms. The fraction of sp³-hybridized carbons (Fsp3) is 0.947. The molecule has 8 atom stereocenters. The van der Waals surface area contributed by atoms with E-state index in [1.165, 1.54) is 83.5 Å². The molecule has 2 rings (SSSR count). The fourth-order valence-electron chi connectivity index (χ4n) is 7.23. The molecule has 0 aromatic carbocycles. The summed E-state index contributed by atoms with van der Waals surface area (Å²) in [6.45, 7) is 11.3. The standard InChI is InChI=1S/C38H72N2O6/c1-6-9-11-12-13-14-15-16-17-18-19-20-22-25-32(41)46-36-31(23-8-3)45-37(35(43)34(36)42)33(28(4)5)40-38(44)30-26-29(27-39-30)24-21-10-7-2/h28-31,33-37,39,42-43H,6-27H2,1-5H3,(H,40,44)/t29-,30+,31-,33-,34+,35-,36+,37-/m1/s1. The van der Waals surface area contributed by atoms with Crippen LogP contribution in [0.25, 0.3) is 0 Å². The number of ether oxygens (including phenoxy) is 2. The summed E-state index contributed by atoms with van der Waals surface area (Å²) >= 11 is 0. The predicted octanol–water partition coefficient (Wildman–Crippen LogP) is 7.37. The van der Waals surface area contributed by atoms with E-state index in [1.807, 2.05) is 20.8 Å². The van der Waals surface area contributed by atoms with Crippen LogP contribution in [0.2, 0.25) is 0 Å². The summed E-state index contributed by atoms with van der Waals surface area (Å²) in [6, 6.07) is -0.747. The van der Waals surface area contributed by atoms with Crippen LogP contribution < -0.4 is 10.6 Å². The van der Waals surface area contributed by atoms with Crippen molar-refractivity contribution >= 4 is 11.9 Å². The van der Waals surface area contributed by atoms with Gasteiger partial charge in [0.15, 0.2) is 6.10 Å². The molecule has 0 unspecified atom stereocenters. The first-order valence-corrected chi connectivity index (χ1v) is 19.5. The van der Waals surface area contributed by atoms with Crippen molar-refractivity contribution in [1.82, 2.24) is 10.6 Å². The molecule has 1 amide bonds. The average molecular weight is 653 g/mol. The zero-order valence-electron chi connectivity index (χ0n) is 30.3. The monoisotopic (exact) mass is 653 g/mol. The number of aliphatic hydroxyl groups is 2. The number of carbonyl (C=O) groups is 2. The molecular weight excluding hydrogens is 580 g/mol. The predicted molar refractivity (Wildman–Crippen MR) is 187 cm³/mol. The van der Waals surface area contributed by atoms with Crippen molar-refractivity contribution in [1.29, 1.82) is 0 Å². The Balaban J connectivity index is 1.78. The van der Waals surface area contributed by atoms with E-state index in [2.05, 4.69) is 24.5 Å². The number of hydrogen-bond donors (Lipinski definition) is 4. The van der Waals surface area contributed by atoms with Crippen LogP contribution in [0.1, 0.15) is 169 Å². The molecule has 8 heteroatoms. The van der Waals surface area contributed by atoms with Gasteiger partial charge < -0.3 is 30.3 Å². The summed E-state index contributed by atoms with van der Waals surface area (Å²) in [5, 5.41) is 29.0. The number of hydrogen-bond acceptors (Lipinski definition) is 7. The zero-order chi connectivity index (χ0) is 33.7. The van der Waals surface area contributed by atoms with E-state index in [0.717, 1.165) is 45.1 Å². The van der Waals surface area contributed by atoms with E-state index >= 15 is 0 Å². The Hall–Kier alpha value is -1.22. The second-order valence-electron chi connectivity index (χ2n) is 14.7. The minimum atomic E-state index is -1.28. The van der Waals surface area contributed by atoms with Crippen molar-refractivity contribution in [3.63, 3.8) is 0 Å². The summed E-state index contributed by atoms with van der Waals surface area (Å²) in [5.41, 5.74) is 0. The molecule has 0 aromatic heterocycles. The molecule has 46 heavy (non-hydrogen) atoms. The topological polar surface area (TPSA) is 117 Å². The van der Waals surface area contributed by atoms with Gasteiger partial charge in [0, 0.05) is 6.42 Å². The van der Waals surface area contributed by atoms with Gasteiger partial charge in [-0.3, -0.25) is 9.59 Å². The maximum atomic E-state index is 13.3. The van der Waals surface area contributed by atoms with Crippen molar-refractivity contribution in [2.75, 3.05) is 6.54 Å². The number of nitrogens with one attached hydrogen (secondary N) is 2. The maximum absolute atomic E-state index is 13.3. The maximum Gasteiger partial charge on any atom is 0.306 e. The van der Waals surface area contributed by atoms with Crippen molar-refractivity contribution < 1.29 is 29.3 Å². The van der Waals surface area contributed by atoms with Crippen LogP contribution >= 0.6 is 0 Å². The lowest BCUT2D eigenvalue weighted by Gasteiger charge is -2.46. The Morgan fingerprint density at radius 1 is 0.783 bits per heavy atom. The molecule has 0 aliphatic carbocycles. The van der Waals surface area contributed by atoms with Crippen molar-refractivity contribution in [2.24, 2.45) is 11.8 Å². The SMILES string of the molecule is CCCCCCCCCCCCCCCC(=O)O[C@@H]1[C@@H](O)[C@@H](O)[C@@H]([C@H](NC(=O)[C@@H]2C[C@@H](CCCCC)CN2)C(C)C)O[C@@H]1CCC. The van der Waals surface area contributed by atoms with Crippen molar-refractivity contribution in [3.05, 3.63) is 0 Å². The van der Waals surface area contributed by atoms with E-state index in [9.17, 15) is 19.8 Å². The number of carbonyl (C=O) groups excluding carboxylic acids is 2. The molecule has 270 valence electrons. The normalized spacial score (nSPS) is 27.2. The highest BCUT2D eigenvalue weighted by molar-refractivity contribution is 5.82. The van der Waals surface area contributed by atoms with Crippen LogP contribution in [0, 0.1) is 11.8 Å². The summed E-state index contributed by atoms with van der Waals surface area (Å²) < 4.78 is 12.2. The molecule has 2 saturated heterocycles. The molecular formula is C38H72N2O6. The molecule has 2 fully saturated rings. The molecule has 4 N–H and O–H groups in total. The van der Waals surface area contributed by atoms with Gasteiger partial charge in [0.25, 0.3) is 0 Å². The van der Waals surface area contributed by atoms with Gasteiger partial charge in [0.2, 0.25) is 5.91 Å². The minimum absolute atomic E-state index is 0.0329. The quantitative estimate of drug-likeness (QED) is 0.0601. The molecule has 0 radical (unpaired) electrons. The van der Waals surface area contributed by atoms with Gasteiger partial charge in [0.05, 0.1) is 18.2 Å². The van der Waals surface area contributed by atoms with Gasteiger partial charge in [0.1, 0.15) is 18.3 Å². The number of aliphatic hydroxyl groups excluding tert-OH is 2. The van der Waals surface area contributed by atoms with Crippen molar-refractivity contribution in [2.45, 2.75) is 212 Å². The van der Waals surface area contributed by atoms with E-state index in [0.29, 0.717) is 18.8 Å². The van der Waals surface area contributed by atoms with Crippen LogP contribution in [0.4, 0.5) is 0 Å². The first kappa shape index (κ1) is 41.0. The Morgan fingerprint density at radius 3 is 1.91 bits per heavy atom. The van der Waals surface area contributed by atoms with Crippen LogP contribution in [0.15, 0.2) is 0 Å². The number of unbranched alkanes of at least 4 members (excludes halogenated alkanes) is 14. The Labute approximate surface area is 281 Å². The van der Waals surface area contributed by atoms with Crippen LogP contribution in [0.5, 0.6) is 0 Å². The van der Waals surface area contributed by atoms with Gasteiger partial charge in [-0.1, -0.05) is 137 Å².